The van der Waals surface area contributed by atoms with E-state index in [0.717, 1.165) is 30.1 Å². The summed E-state index contributed by atoms with van der Waals surface area (Å²) >= 11 is 1.33. The van der Waals surface area contributed by atoms with Crippen molar-refractivity contribution in [3.8, 4) is 0 Å². The molecule has 0 saturated carbocycles. The molecule has 5 heteroatoms. The number of carbonyl (C=O) groups is 1. The molecular formula is C16H26N2O2S. The molecular weight excluding hydrogens is 284 g/mol. The molecule has 1 aromatic heterocycles. The first-order valence-corrected chi connectivity index (χ1v) is 8.51. The average molecular weight is 310 g/mol. The van der Waals surface area contributed by atoms with Crippen molar-refractivity contribution in [3.05, 3.63) is 10.6 Å². The molecule has 21 heavy (non-hydrogen) atoms. The number of aromatic carboxylic acids is 1. The van der Waals surface area contributed by atoms with E-state index in [-0.39, 0.29) is 5.41 Å². The summed E-state index contributed by atoms with van der Waals surface area (Å²) in [5, 5.41) is 10.3. The summed E-state index contributed by atoms with van der Waals surface area (Å²) in [6.07, 6.45) is 2.34. The molecule has 1 fully saturated rings. The fourth-order valence-corrected chi connectivity index (χ4v) is 4.02. The van der Waals surface area contributed by atoms with Crippen LogP contribution < -0.4 is 4.90 Å². The molecule has 2 heterocycles. The molecule has 1 aromatic rings. The molecule has 0 unspecified atom stereocenters. The lowest BCUT2D eigenvalue weighted by Gasteiger charge is -2.33. The van der Waals surface area contributed by atoms with Gasteiger partial charge in [-0.25, -0.2) is 9.78 Å². The summed E-state index contributed by atoms with van der Waals surface area (Å²) in [6.45, 7) is 12.6. The van der Waals surface area contributed by atoms with Gasteiger partial charge in [-0.1, -0.05) is 46.0 Å². The molecule has 0 bridgehead atoms. The summed E-state index contributed by atoms with van der Waals surface area (Å²) in [6, 6.07) is 0. The lowest BCUT2D eigenvalue weighted by molar-refractivity contribution is 0.0699. The second-order valence-electron chi connectivity index (χ2n) is 7.30. The molecule has 0 aromatic carbocycles. The summed E-state index contributed by atoms with van der Waals surface area (Å²) in [7, 11) is 0. The predicted molar refractivity (Wildman–Crippen MR) is 87.5 cm³/mol. The van der Waals surface area contributed by atoms with Gasteiger partial charge in [0.15, 0.2) is 5.13 Å². The number of carboxylic acids is 1. The highest BCUT2D eigenvalue weighted by Gasteiger charge is 2.30. The zero-order chi connectivity index (χ0) is 15.8. The van der Waals surface area contributed by atoms with Crippen LogP contribution in [0.25, 0.3) is 0 Å². The minimum absolute atomic E-state index is 0.237. The van der Waals surface area contributed by atoms with Gasteiger partial charge >= 0.3 is 5.97 Å². The van der Waals surface area contributed by atoms with E-state index in [1.54, 1.807) is 0 Å². The van der Waals surface area contributed by atoms with Gasteiger partial charge in [0.2, 0.25) is 0 Å². The third-order valence-electron chi connectivity index (χ3n) is 4.27. The molecule has 0 radical (unpaired) electrons. The van der Waals surface area contributed by atoms with Crippen molar-refractivity contribution in [2.24, 2.45) is 11.8 Å². The van der Waals surface area contributed by atoms with Crippen LogP contribution >= 0.6 is 11.3 Å². The Morgan fingerprint density at radius 3 is 2.29 bits per heavy atom. The molecule has 1 aliphatic heterocycles. The quantitative estimate of drug-likeness (QED) is 0.916. The Labute approximate surface area is 131 Å². The van der Waals surface area contributed by atoms with Crippen molar-refractivity contribution >= 4 is 22.4 Å². The first kappa shape index (κ1) is 16.3. The Hall–Kier alpha value is -1.10. The minimum atomic E-state index is -0.860. The molecule has 0 amide bonds. The van der Waals surface area contributed by atoms with Gasteiger partial charge in [0.05, 0.1) is 5.69 Å². The van der Waals surface area contributed by atoms with Gasteiger partial charge in [-0.15, -0.1) is 0 Å². The maximum atomic E-state index is 11.5. The van der Waals surface area contributed by atoms with E-state index in [9.17, 15) is 9.90 Å². The Bertz CT molecular complexity index is 509. The summed E-state index contributed by atoms with van der Waals surface area (Å²) in [5.74, 6) is 0.645. The maximum Gasteiger partial charge on any atom is 0.347 e. The highest BCUT2D eigenvalue weighted by molar-refractivity contribution is 7.17. The third-order valence-corrected chi connectivity index (χ3v) is 5.38. The van der Waals surface area contributed by atoms with Crippen LogP contribution in [0.4, 0.5) is 5.13 Å². The summed E-state index contributed by atoms with van der Waals surface area (Å²) in [4.78, 5) is 18.8. The van der Waals surface area contributed by atoms with Crippen LogP contribution in [0.2, 0.25) is 0 Å². The SMILES string of the molecule is CC(C)C1CCN(c2nc(C(C)(C)C)c(C(=O)O)s2)CC1. The Balaban J connectivity index is 2.20. The van der Waals surface area contributed by atoms with Crippen molar-refractivity contribution in [2.45, 2.75) is 52.9 Å². The summed E-state index contributed by atoms with van der Waals surface area (Å²) < 4.78 is 0. The number of hydrogen-bond acceptors (Lipinski definition) is 4. The molecule has 118 valence electrons. The fourth-order valence-electron chi connectivity index (χ4n) is 2.85. The van der Waals surface area contributed by atoms with Crippen LogP contribution in [0.5, 0.6) is 0 Å². The normalized spacial score (nSPS) is 17.5. The van der Waals surface area contributed by atoms with Crippen LogP contribution in [0.3, 0.4) is 0 Å². The molecule has 1 aliphatic rings. The molecule has 4 nitrogen and oxygen atoms in total. The van der Waals surface area contributed by atoms with Crippen LogP contribution in [-0.2, 0) is 5.41 Å². The van der Waals surface area contributed by atoms with Crippen molar-refractivity contribution in [3.63, 3.8) is 0 Å². The lowest BCUT2D eigenvalue weighted by Crippen LogP contribution is -2.35. The topological polar surface area (TPSA) is 53.4 Å². The average Bonchev–Trinajstić information content (AvgIpc) is 2.84. The number of nitrogens with zero attached hydrogens (tertiary/aromatic N) is 2. The fraction of sp³-hybridized carbons (Fsp3) is 0.750. The zero-order valence-electron chi connectivity index (χ0n) is 13.6. The third kappa shape index (κ3) is 3.57. The molecule has 1 N–H and O–H groups in total. The standard InChI is InChI=1S/C16H26N2O2S/c1-10(2)11-6-8-18(9-7-11)15-17-13(16(3,4)5)12(21-15)14(19)20/h10-11H,6-9H2,1-5H3,(H,19,20). The number of hydrogen-bond donors (Lipinski definition) is 1. The van der Waals surface area contributed by atoms with Gasteiger partial charge in [0.1, 0.15) is 4.88 Å². The van der Waals surface area contributed by atoms with E-state index in [1.165, 1.54) is 24.2 Å². The van der Waals surface area contributed by atoms with Crippen molar-refractivity contribution in [2.75, 3.05) is 18.0 Å². The number of rotatable bonds is 3. The van der Waals surface area contributed by atoms with Gasteiger partial charge in [-0.2, -0.15) is 0 Å². The highest BCUT2D eigenvalue weighted by Crippen LogP contribution is 2.36. The lowest BCUT2D eigenvalue weighted by atomic mass is 9.87. The number of aromatic nitrogens is 1. The Morgan fingerprint density at radius 1 is 1.33 bits per heavy atom. The van der Waals surface area contributed by atoms with E-state index >= 15 is 0 Å². The Morgan fingerprint density at radius 2 is 1.90 bits per heavy atom. The number of anilines is 1. The van der Waals surface area contributed by atoms with Gasteiger partial charge in [0, 0.05) is 18.5 Å². The van der Waals surface area contributed by atoms with Crippen molar-refractivity contribution in [1.82, 2.24) is 4.98 Å². The van der Waals surface area contributed by atoms with Crippen LogP contribution in [0.1, 0.15) is 62.8 Å². The van der Waals surface area contributed by atoms with Crippen molar-refractivity contribution < 1.29 is 9.90 Å². The van der Waals surface area contributed by atoms with E-state index in [1.807, 2.05) is 20.8 Å². The van der Waals surface area contributed by atoms with Crippen LogP contribution in [0.15, 0.2) is 0 Å². The van der Waals surface area contributed by atoms with Crippen molar-refractivity contribution in [1.29, 1.82) is 0 Å². The van der Waals surface area contributed by atoms with E-state index in [2.05, 4.69) is 23.7 Å². The van der Waals surface area contributed by atoms with Gasteiger partial charge in [-0.3, -0.25) is 0 Å². The van der Waals surface area contributed by atoms with Gasteiger partial charge < -0.3 is 10.0 Å². The smallest absolute Gasteiger partial charge is 0.347 e. The van der Waals surface area contributed by atoms with Crippen LogP contribution in [0, 0.1) is 11.8 Å². The molecule has 0 atom stereocenters. The van der Waals surface area contributed by atoms with Gasteiger partial charge in [-0.05, 0) is 24.7 Å². The van der Waals surface area contributed by atoms with Gasteiger partial charge in [0.25, 0.3) is 0 Å². The van der Waals surface area contributed by atoms with E-state index < -0.39 is 5.97 Å². The number of piperidine rings is 1. The zero-order valence-corrected chi connectivity index (χ0v) is 14.5. The van der Waals surface area contributed by atoms with Crippen LogP contribution in [-0.4, -0.2) is 29.1 Å². The highest BCUT2D eigenvalue weighted by atomic mass is 32.1. The number of carboxylic acid groups (broad SMARTS) is 1. The molecule has 1 saturated heterocycles. The van der Waals surface area contributed by atoms with E-state index in [0.29, 0.717) is 10.6 Å². The minimum Gasteiger partial charge on any atom is -0.477 e. The van der Waals surface area contributed by atoms with E-state index in [4.69, 9.17) is 0 Å². The largest absolute Gasteiger partial charge is 0.477 e. The first-order valence-electron chi connectivity index (χ1n) is 7.69. The second-order valence-corrected chi connectivity index (χ2v) is 8.28. The molecule has 0 spiro atoms. The maximum absolute atomic E-state index is 11.5. The summed E-state index contributed by atoms with van der Waals surface area (Å²) in [5.41, 5.74) is 0.472. The second kappa shape index (κ2) is 5.95. The molecule has 2 rings (SSSR count). The Kier molecular flexibility index (Phi) is 4.61. The monoisotopic (exact) mass is 310 g/mol. The predicted octanol–water partition coefficient (Wildman–Crippen LogP) is 4.01. The first-order chi connectivity index (χ1) is 9.70. The molecule has 0 aliphatic carbocycles. The number of thiazole rings is 1.